The Bertz CT molecular complexity index is 2860. The molecule has 17 heteroatoms. The zero-order chi connectivity index (χ0) is 49.6. The Morgan fingerprint density at radius 2 is 1.21 bits per heavy atom. The van der Waals surface area contributed by atoms with Gasteiger partial charge >= 0.3 is 12.2 Å². The summed E-state index contributed by atoms with van der Waals surface area (Å²) >= 11 is 0. The van der Waals surface area contributed by atoms with Crippen LogP contribution in [0, 0.1) is 17.3 Å². The molecule has 0 unspecified atom stereocenters. The van der Waals surface area contributed by atoms with E-state index in [0.29, 0.717) is 16.7 Å². The third-order valence-corrected chi connectivity index (χ3v) is 15.1. The summed E-state index contributed by atoms with van der Waals surface area (Å²) in [7, 11) is 2.44. The SMILES string of the molecule is COC(=O)N[C@H](C(=O)N1C[C@@H](F)C[C@H]1c1ncc(-c2ccc(-c3ccc(-c4ccc5nc([C@@H]6C[C@H](F)CN6C(=O)[C@@H](NC(=O)OC)C(C)C)[nH]c(=O)c5c4)c4c3CC3(CCCCC3)C4)cc2)[nH]1)C(C)C. The van der Waals surface area contributed by atoms with Gasteiger partial charge in [-0.15, -0.1) is 0 Å². The number of imidazole rings is 1. The lowest BCUT2D eigenvalue weighted by atomic mass is 9.72. The van der Waals surface area contributed by atoms with Crippen molar-refractivity contribution in [2.24, 2.45) is 17.3 Å². The maximum Gasteiger partial charge on any atom is 0.407 e. The monoisotopic (exact) mass is 960 g/mol. The van der Waals surface area contributed by atoms with E-state index in [1.807, 2.05) is 44.2 Å². The van der Waals surface area contributed by atoms with E-state index in [0.717, 1.165) is 59.2 Å². The summed E-state index contributed by atoms with van der Waals surface area (Å²) in [5.41, 5.74) is 8.56. The van der Waals surface area contributed by atoms with E-state index in [4.69, 9.17) is 14.5 Å². The number of H-pyrrole nitrogens is 2. The molecular formula is C53H62F2N8O7. The van der Waals surface area contributed by atoms with E-state index in [1.54, 1.807) is 20.0 Å². The molecule has 1 spiro atoms. The molecule has 4 aliphatic rings. The molecule has 70 heavy (non-hydrogen) atoms. The van der Waals surface area contributed by atoms with Crippen LogP contribution in [0.2, 0.25) is 0 Å². The summed E-state index contributed by atoms with van der Waals surface area (Å²) < 4.78 is 39.6. The van der Waals surface area contributed by atoms with Gasteiger partial charge in [-0.25, -0.2) is 28.3 Å². The molecule has 4 amide bonds. The number of aromatic nitrogens is 4. The van der Waals surface area contributed by atoms with E-state index >= 15 is 4.39 Å². The molecular weight excluding hydrogens is 899 g/mol. The van der Waals surface area contributed by atoms with Crippen LogP contribution >= 0.6 is 0 Å². The van der Waals surface area contributed by atoms with Crippen LogP contribution in [0.3, 0.4) is 0 Å². The van der Waals surface area contributed by atoms with Gasteiger partial charge in [-0.05, 0) is 94.0 Å². The number of alkyl carbamates (subject to hydrolysis) is 2. The fourth-order valence-electron chi connectivity index (χ4n) is 11.4. The van der Waals surface area contributed by atoms with Crippen molar-refractivity contribution < 1.29 is 37.4 Å². The Morgan fingerprint density at radius 3 is 1.76 bits per heavy atom. The number of benzene rings is 3. The van der Waals surface area contributed by atoms with Crippen LogP contribution in [0.4, 0.5) is 18.4 Å². The van der Waals surface area contributed by atoms with E-state index in [1.165, 1.54) is 54.4 Å². The molecule has 4 N–H and O–H groups in total. The van der Waals surface area contributed by atoms with Crippen molar-refractivity contribution in [2.45, 2.75) is 122 Å². The molecule has 6 atom stereocenters. The maximum absolute atomic E-state index is 15.1. The number of amides is 4. The summed E-state index contributed by atoms with van der Waals surface area (Å²) in [6.07, 6.45) is 5.45. The highest BCUT2D eigenvalue weighted by Crippen LogP contribution is 2.52. The Balaban J connectivity index is 0.989. The van der Waals surface area contributed by atoms with Crippen molar-refractivity contribution in [3.8, 4) is 33.5 Å². The number of hydrogen-bond donors (Lipinski definition) is 4. The Morgan fingerprint density at radius 1 is 0.700 bits per heavy atom. The Labute approximate surface area is 405 Å². The van der Waals surface area contributed by atoms with E-state index in [2.05, 4.69) is 49.9 Å². The molecule has 2 aromatic heterocycles. The molecule has 2 aliphatic carbocycles. The van der Waals surface area contributed by atoms with E-state index < -0.39 is 60.5 Å². The van der Waals surface area contributed by atoms with Crippen molar-refractivity contribution in [1.29, 1.82) is 0 Å². The summed E-state index contributed by atoms with van der Waals surface area (Å²) in [5, 5.41) is 5.56. The first kappa shape index (κ1) is 48.4. The van der Waals surface area contributed by atoms with Gasteiger partial charge in [0.15, 0.2) is 0 Å². The van der Waals surface area contributed by atoms with Crippen molar-refractivity contribution in [1.82, 2.24) is 40.4 Å². The number of ether oxygens (including phenoxy) is 2. The zero-order valence-corrected chi connectivity index (χ0v) is 40.6. The van der Waals surface area contributed by atoms with Crippen LogP contribution < -0.4 is 16.2 Å². The van der Waals surface area contributed by atoms with Gasteiger partial charge in [-0.2, -0.15) is 0 Å². The number of fused-ring (bicyclic) bond motifs is 2. The molecule has 2 aliphatic heterocycles. The third-order valence-electron chi connectivity index (χ3n) is 15.1. The molecule has 0 bridgehead atoms. The van der Waals surface area contributed by atoms with Gasteiger partial charge < -0.3 is 39.9 Å². The highest BCUT2D eigenvalue weighted by Gasteiger charge is 2.44. The minimum Gasteiger partial charge on any atom is -0.453 e. The van der Waals surface area contributed by atoms with Crippen molar-refractivity contribution in [3.05, 3.63) is 93.9 Å². The molecule has 0 radical (unpaired) electrons. The lowest BCUT2D eigenvalue weighted by Gasteiger charge is -2.33. The molecule has 3 fully saturated rings. The van der Waals surface area contributed by atoms with Crippen LogP contribution in [-0.2, 0) is 31.9 Å². The molecule has 370 valence electrons. The minimum absolute atomic E-state index is 0.0438. The molecule has 9 rings (SSSR count). The highest BCUT2D eigenvalue weighted by atomic mass is 19.1. The number of rotatable bonds is 11. The van der Waals surface area contributed by atoms with Gasteiger partial charge in [0.25, 0.3) is 5.56 Å². The van der Waals surface area contributed by atoms with Crippen LogP contribution in [-0.4, -0.2) is 105 Å². The van der Waals surface area contributed by atoms with E-state index in [9.17, 15) is 28.4 Å². The fourth-order valence-corrected chi connectivity index (χ4v) is 11.4. The number of hydrogen-bond acceptors (Lipinski definition) is 9. The van der Waals surface area contributed by atoms with Crippen molar-refractivity contribution >= 4 is 34.9 Å². The van der Waals surface area contributed by atoms with E-state index in [-0.39, 0.29) is 54.6 Å². The number of alkyl halides is 2. The first-order chi connectivity index (χ1) is 33.6. The van der Waals surface area contributed by atoms with Gasteiger partial charge in [0.05, 0.1) is 62.2 Å². The topological polar surface area (TPSA) is 192 Å². The number of nitrogens with zero attached hydrogens (tertiary/aromatic N) is 4. The standard InChI is InChI=1S/C53H62F2N8O7/c1-28(2)44(59-51(67)69-5)49(65)62-26-33(54)21-42(62)46-56-25-41(58-46)31-12-10-30(11-13-31)35-15-16-36(39-24-53(23-38(35)39)18-8-7-9-19-53)32-14-17-40-37(20-32)48(64)61-47(57-40)43-22-34(55)27-63(43)50(66)45(29(3)4)60-52(68)70-6/h10-17,20,25,28-29,33-34,42-45H,7-9,18-19,21-24,26-27H2,1-6H3,(H,56,58)(H,59,67)(H,60,68)(H,57,61,64)/t33-,34-,42-,43-,44-,45-/m0/s1. The van der Waals surface area contributed by atoms with Crippen LogP contribution in [0.15, 0.2) is 65.6 Å². The predicted molar refractivity (Wildman–Crippen MR) is 260 cm³/mol. The molecule has 3 aromatic carbocycles. The van der Waals surface area contributed by atoms with Crippen LogP contribution in [0.25, 0.3) is 44.4 Å². The predicted octanol–water partition coefficient (Wildman–Crippen LogP) is 8.68. The first-order valence-corrected chi connectivity index (χ1v) is 24.5. The molecule has 2 saturated heterocycles. The lowest BCUT2D eigenvalue weighted by molar-refractivity contribution is -0.136. The smallest absolute Gasteiger partial charge is 0.407 e. The Hall–Kier alpha value is -6.65. The fraction of sp³-hybridized carbons (Fsp3) is 0.491. The largest absolute Gasteiger partial charge is 0.453 e. The average molecular weight is 961 g/mol. The zero-order valence-electron chi connectivity index (χ0n) is 40.6. The van der Waals surface area contributed by atoms with Crippen LogP contribution in [0.1, 0.15) is 108 Å². The quantitative estimate of drug-likeness (QED) is 0.100. The average Bonchev–Trinajstić information content (AvgIpc) is 4.17. The minimum atomic E-state index is -1.34. The summed E-state index contributed by atoms with van der Waals surface area (Å²) in [4.78, 5) is 84.1. The second kappa shape index (κ2) is 19.6. The third kappa shape index (κ3) is 9.38. The van der Waals surface area contributed by atoms with Gasteiger partial charge in [0, 0.05) is 12.8 Å². The highest BCUT2D eigenvalue weighted by molar-refractivity contribution is 5.89. The summed E-state index contributed by atoms with van der Waals surface area (Å²) in [6.45, 7) is 6.88. The molecule has 1 saturated carbocycles. The number of carbonyl (C=O) groups is 4. The first-order valence-electron chi connectivity index (χ1n) is 24.5. The number of methoxy groups -OCH3 is 2. The number of halogens is 2. The van der Waals surface area contributed by atoms with Crippen LogP contribution in [0.5, 0.6) is 0 Å². The van der Waals surface area contributed by atoms with Gasteiger partial charge in [-0.1, -0.05) is 89.4 Å². The van der Waals surface area contributed by atoms with Crippen molar-refractivity contribution in [3.63, 3.8) is 0 Å². The summed E-state index contributed by atoms with van der Waals surface area (Å²) in [5.74, 6) is -0.776. The number of nitrogens with one attached hydrogen (secondary N) is 4. The Kier molecular flexibility index (Phi) is 13.6. The van der Waals surface area contributed by atoms with Crippen molar-refractivity contribution in [2.75, 3.05) is 27.3 Å². The maximum atomic E-state index is 15.1. The molecule has 5 aromatic rings. The van der Waals surface area contributed by atoms with Gasteiger partial charge in [0.2, 0.25) is 11.8 Å². The lowest BCUT2D eigenvalue weighted by Crippen LogP contribution is -2.51. The second-order valence-electron chi connectivity index (χ2n) is 20.4. The molecule has 4 heterocycles. The van der Waals surface area contributed by atoms with Gasteiger partial charge in [-0.3, -0.25) is 14.4 Å². The normalized spacial score (nSPS) is 21.6. The second-order valence-corrected chi connectivity index (χ2v) is 20.4. The van der Waals surface area contributed by atoms with Gasteiger partial charge in [0.1, 0.15) is 36.1 Å². The number of aromatic amines is 2. The number of carbonyl (C=O) groups excluding carboxylic acids is 4. The molecule has 15 nitrogen and oxygen atoms in total. The number of likely N-dealkylation sites (tertiary alicyclic amines) is 2. The summed E-state index contributed by atoms with van der Waals surface area (Å²) in [6, 6.07) is 15.0.